The number of thiophene rings is 1. The molecule has 0 saturated carbocycles. The fourth-order valence-corrected chi connectivity index (χ4v) is 3.25. The van der Waals surface area contributed by atoms with Crippen molar-refractivity contribution in [3.05, 3.63) is 64.4 Å². The summed E-state index contributed by atoms with van der Waals surface area (Å²) in [6.07, 6.45) is 5.57. The van der Waals surface area contributed by atoms with Gasteiger partial charge < -0.3 is 9.88 Å². The maximum absolute atomic E-state index is 4.11. The third kappa shape index (κ3) is 2.60. The Morgan fingerprint density at radius 3 is 2.80 bits per heavy atom. The van der Waals surface area contributed by atoms with E-state index in [1.54, 1.807) is 6.20 Å². The highest BCUT2D eigenvalue weighted by atomic mass is 32.1. The van der Waals surface area contributed by atoms with Crippen molar-refractivity contribution in [2.45, 2.75) is 20.4 Å². The van der Waals surface area contributed by atoms with Gasteiger partial charge in [-0.05, 0) is 37.6 Å². The third-order valence-electron chi connectivity index (χ3n) is 3.30. The Labute approximate surface area is 122 Å². The fourth-order valence-electron chi connectivity index (χ4n) is 2.30. The van der Waals surface area contributed by atoms with E-state index < -0.39 is 0 Å². The number of nitrogens with one attached hydrogen (secondary N) is 1. The lowest BCUT2D eigenvalue weighted by Crippen LogP contribution is -2.03. The van der Waals surface area contributed by atoms with Crippen LogP contribution in [0.4, 0.5) is 5.69 Å². The summed E-state index contributed by atoms with van der Waals surface area (Å²) >= 11 is 1.85. The maximum atomic E-state index is 4.11. The first kappa shape index (κ1) is 12.9. The number of anilines is 1. The molecule has 0 aliphatic carbocycles. The Hall–Kier alpha value is -2.07. The van der Waals surface area contributed by atoms with E-state index in [0.717, 1.165) is 17.9 Å². The molecule has 2 aromatic heterocycles. The largest absolute Gasteiger partial charge is 0.379 e. The van der Waals surface area contributed by atoms with Crippen LogP contribution in [0.3, 0.4) is 0 Å². The molecule has 0 bridgehead atoms. The molecular formula is C16H17N3S. The van der Waals surface area contributed by atoms with E-state index in [-0.39, 0.29) is 0 Å². The number of imidazole rings is 1. The van der Waals surface area contributed by atoms with Gasteiger partial charge in [-0.15, -0.1) is 11.3 Å². The summed E-state index contributed by atoms with van der Waals surface area (Å²) < 4.78 is 2.02. The van der Waals surface area contributed by atoms with Crippen LogP contribution in [0.25, 0.3) is 5.69 Å². The summed E-state index contributed by atoms with van der Waals surface area (Å²) in [5.74, 6) is 0. The van der Waals surface area contributed by atoms with Crippen molar-refractivity contribution in [3.8, 4) is 5.69 Å². The number of hydrogen-bond acceptors (Lipinski definition) is 3. The number of para-hydroxylation sites is 2. The molecule has 0 atom stereocenters. The molecule has 20 heavy (non-hydrogen) atoms. The summed E-state index contributed by atoms with van der Waals surface area (Å²) in [5.41, 5.74) is 3.61. The lowest BCUT2D eigenvalue weighted by atomic mass is 10.2. The van der Waals surface area contributed by atoms with Gasteiger partial charge >= 0.3 is 0 Å². The van der Waals surface area contributed by atoms with E-state index in [2.05, 4.69) is 48.4 Å². The van der Waals surface area contributed by atoms with Gasteiger partial charge in [-0.1, -0.05) is 12.1 Å². The van der Waals surface area contributed by atoms with Crippen molar-refractivity contribution in [1.29, 1.82) is 0 Å². The predicted octanol–water partition coefficient (Wildman–Crippen LogP) is 4.16. The zero-order chi connectivity index (χ0) is 13.9. The van der Waals surface area contributed by atoms with Gasteiger partial charge in [-0.2, -0.15) is 0 Å². The smallest absolute Gasteiger partial charge is 0.0992 e. The topological polar surface area (TPSA) is 29.9 Å². The lowest BCUT2D eigenvalue weighted by molar-refractivity contribution is 1.04. The van der Waals surface area contributed by atoms with Crippen molar-refractivity contribution >= 4 is 17.0 Å². The second-order valence-corrected chi connectivity index (χ2v) is 6.24. The number of hydrogen-bond donors (Lipinski definition) is 1. The molecule has 0 aliphatic heterocycles. The van der Waals surface area contributed by atoms with E-state index in [1.165, 1.54) is 15.3 Å². The van der Waals surface area contributed by atoms with Crippen LogP contribution in [0.2, 0.25) is 0 Å². The first-order valence-electron chi connectivity index (χ1n) is 6.61. The quantitative estimate of drug-likeness (QED) is 0.779. The summed E-state index contributed by atoms with van der Waals surface area (Å²) in [6.45, 7) is 5.18. The summed E-state index contributed by atoms with van der Waals surface area (Å²) in [5, 5.41) is 3.53. The Morgan fingerprint density at radius 2 is 2.10 bits per heavy atom. The zero-order valence-electron chi connectivity index (χ0n) is 11.6. The van der Waals surface area contributed by atoms with Crippen LogP contribution < -0.4 is 5.32 Å². The molecule has 102 valence electrons. The zero-order valence-corrected chi connectivity index (χ0v) is 12.4. The molecule has 3 aromatic rings. The van der Waals surface area contributed by atoms with Crippen molar-refractivity contribution in [3.63, 3.8) is 0 Å². The SMILES string of the molecule is Cc1cc(CNc2ccccc2-n2ccnc2)c(C)s1. The predicted molar refractivity (Wildman–Crippen MR) is 84.7 cm³/mol. The van der Waals surface area contributed by atoms with Crippen molar-refractivity contribution in [2.24, 2.45) is 0 Å². The first-order valence-corrected chi connectivity index (χ1v) is 7.43. The van der Waals surface area contributed by atoms with Gasteiger partial charge in [0, 0.05) is 28.7 Å². The third-order valence-corrected chi connectivity index (χ3v) is 4.31. The molecule has 0 amide bonds. The molecule has 1 aromatic carbocycles. The minimum atomic E-state index is 0.849. The van der Waals surface area contributed by atoms with Gasteiger partial charge in [-0.25, -0.2) is 4.98 Å². The van der Waals surface area contributed by atoms with E-state index >= 15 is 0 Å². The highest BCUT2D eigenvalue weighted by Crippen LogP contribution is 2.24. The van der Waals surface area contributed by atoms with E-state index in [9.17, 15) is 0 Å². The molecular weight excluding hydrogens is 266 g/mol. The molecule has 0 aliphatic rings. The van der Waals surface area contributed by atoms with Gasteiger partial charge in [0.25, 0.3) is 0 Å². The molecule has 2 heterocycles. The monoisotopic (exact) mass is 283 g/mol. The number of rotatable bonds is 4. The molecule has 1 N–H and O–H groups in total. The highest BCUT2D eigenvalue weighted by molar-refractivity contribution is 7.12. The van der Waals surface area contributed by atoms with Crippen LogP contribution in [-0.4, -0.2) is 9.55 Å². The Morgan fingerprint density at radius 1 is 1.25 bits per heavy atom. The Kier molecular flexibility index (Phi) is 3.56. The van der Waals surface area contributed by atoms with Gasteiger partial charge in [0.05, 0.1) is 17.7 Å². The summed E-state index contributed by atoms with van der Waals surface area (Å²) in [6, 6.07) is 10.5. The van der Waals surface area contributed by atoms with Crippen LogP contribution in [0.5, 0.6) is 0 Å². The number of aromatic nitrogens is 2. The number of nitrogens with zero attached hydrogens (tertiary/aromatic N) is 2. The van der Waals surface area contributed by atoms with Crippen LogP contribution in [0, 0.1) is 13.8 Å². The normalized spacial score (nSPS) is 10.7. The second kappa shape index (κ2) is 5.51. The van der Waals surface area contributed by atoms with Crippen LogP contribution in [-0.2, 0) is 6.54 Å². The molecule has 0 unspecified atom stereocenters. The fraction of sp³-hybridized carbons (Fsp3) is 0.188. The number of aryl methyl sites for hydroxylation is 2. The van der Waals surface area contributed by atoms with Crippen LogP contribution >= 0.6 is 11.3 Å². The van der Waals surface area contributed by atoms with Gasteiger partial charge in [-0.3, -0.25) is 0 Å². The minimum absolute atomic E-state index is 0.849. The molecule has 0 radical (unpaired) electrons. The number of benzene rings is 1. The van der Waals surface area contributed by atoms with Crippen LogP contribution in [0.1, 0.15) is 15.3 Å². The van der Waals surface area contributed by atoms with Crippen molar-refractivity contribution in [2.75, 3.05) is 5.32 Å². The molecule has 0 fully saturated rings. The van der Waals surface area contributed by atoms with Crippen molar-refractivity contribution < 1.29 is 0 Å². The van der Waals surface area contributed by atoms with Gasteiger partial charge in [0.2, 0.25) is 0 Å². The van der Waals surface area contributed by atoms with E-state index in [0.29, 0.717) is 0 Å². The Bertz CT molecular complexity index is 698. The average molecular weight is 283 g/mol. The maximum Gasteiger partial charge on any atom is 0.0992 e. The second-order valence-electron chi connectivity index (χ2n) is 4.78. The minimum Gasteiger partial charge on any atom is -0.379 e. The molecule has 0 saturated heterocycles. The standard InChI is InChI=1S/C16H17N3S/c1-12-9-14(13(2)20-12)10-18-15-5-3-4-6-16(15)19-8-7-17-11-19/h3-9,11,18H,10H2,1-2H3. The van der Waals surface area contributed by atoms with Crippen molar-refractivity contribution in [1.82, 2.24) is 9.55 Å². The van der Waals surface area contributed by atoms with E-state index in [4.69, 9.17) is 0 Å². The average Bonchev–Trinajstić information content (AvgIpc) is 3.07. The summed E-state index contributed by atoms with van der Waals surface area (Å²) in [4.78, 5) is 6.86. The lowest BCUT2D eigenvalue weighted by Gasteiger charge is -2.12. The molecule has 0 spiro atoms. The molecule has 3 rings (SSSR count). The molecule has 3 nitrogen and oxygen atoms in total. The van der Waals surface area contributed by atoms with Gasteiger partial charge in [0.1, 0.15) is 0 Å². The van der Waals surface area contributed by atoms with Gasteiger partial charge in [0.15, 0.2) is 0 Å². The Balaban J connectivity index is 1.83. The molecule has 4 heteroatoms. The summed E-state index contributed by atoms with van der Waals surface area (Å²) in [7, 11) is 0. The first-order chi connectivity index (χ1) is 9.74. The highest BCUT2D eigenvalue weighted by Gasteiger charge is 2.06. The van der Waals surface area contributed by atoms with E-state index in [1.807, 2.05) is 34.5 Å². The van der Waals surface area contributed by atoms with Crippen LogP contribution in [0.15, 0.2) is 49.1 Å².